The van der Waals surface area contributed by atoms with Crippen LogP contribution in [0.4, 0.5) is 5.69 Å². The van der Waals surface area contributed by atoms with Crippen molar-refractivity contribution in [2.24, 2.45) is 0 Å². The molecule has 0 bridgehead atoms. The van der Waals surface area contributed by atoms with Crippen LogP contribution < -0.4 is 14.4 Å². The lowest BCUT2D eigenvalue weighted by Gasteiger charge is -2.38. The molecule has 0 fully saturated rings. The highest BCUT2D eigenvalue weighted by atomic mass is 32.2. The highest BCUT2D eigenvalue weighted by Crippen LogP contribution is 2.39. The number of nitrogens with zero attached hydrogens (tertiary/aromatic N) is 1. The number of carbonyl (C=O) groups is 1. The SMILES string of the molecule is Cc1cccc(N(CCCC(=O)N[C@@H]2CC(C)(C)Oc3cc(C)ccc32)S(C)(=O)=O)c1. The molecule has 6 nitrogen and oxygen atoms in total. The van der Waals surface area contributed by atoms with E-state index >= 15 is 0 Å². The normalized spacial score (nSPS) is 17.4. The van der Waals surface area contributed by atoms with Crippen LogP contribution in [0.5, 0.6) is 5.75 Å². The first kappa shape index (κ1) is 23.1. The van der Waals surface area contributed by atoms with Crippen LogP contribution in [0.15, 0.2) is 42.5 Å². The molecule has 1 heterocycles. The number of anilines is 1. The number of carbonyl (C=O) groups excluding carboxylic acids is 1. The minimum Gasteiger partial charge on any atom is -0.487 e. The van der Waals surface area contributed by atoms with Gasteiger partial charge in [-0.2, -0.15) is 0 Å². The lowest BCUT2D eigenvalue weighted by atomic mass is 9.89. The van der Waals surface area contributed by atoms with Gasteiger partial charge in [0.15, 0.2) is 0 Å². The summed E-state index contributed by atoms with van der Waals surface area (Å²) in [5, 5.41) is 3.12. The molecule has 2 aromatic rings. The monoisotopic (exact) mass is 444 g/mol. The summed E-state index contributed by atoms with van der Waals surface area (Å²) >= 11 is 0. The summed E-state index contributed by atoms with van der Waals surface area (Å²) in [4.78, 5) is 12.7. The Morgan fingerprint density at radius 3 is 2.55 bits per heavy atom. The van der Waals surface area contributed by atoms with Crippen LogP contribution in [0.3, 0.4) is 0 Å². The molecule has 1 amide bonds. The van der Waals surface area contributed by atoms with Crippen LogP contribution in [0.2, 0.25) is 0 Å². The molecule has 1 aliphatic heterocycles. The van der Waals surface area contributed by atoms with Crippen molar-refractivity contribution in [2.45, 2.75) is 58.6 Å². The third-order valence-corrected chi connectivity index (χ3v) is 6.61. The van der Waals surface area contributed by atoms with Gasteiger partial charge >= 0.3 is 0 Å². The molecule has 0 saturated carbocycles. The second-order valence-corrected chi connectivity index (χ2v) is 10.9. The molecule has 168 valence electrons. The zero-order valence-electron chi connectivity index (χ0n) is 18.9. The first-order chi connectivity index (χ1) is 14.4. The van der Waals surface area contributed by atoms with Crippen molar-refractivity contribution in [1.82, 2.24) is 5.32 Å². The van der Waals surface area contributed by atoms with E-state index in [4.69, 9.17) is 4.74 Å². The minimum absolute atomic E-state index is 0.0908. The van der Waals surface area contributed by atoms with Gasteiger partial charge in [-0.1, -0.05) is 24.3 Å². The number of hydrogen-bond acceptors (Lipinski definition) is 4. The van der Waals surface area contributed by atoms with Gasteiger partial charge in [-0.15, -0.1) is 0 Å². The number of sulfonamides is 1. The van der Waals surface area contributed by atoms with Gasteiger partial charge in [0.2, 0.25) is 15.9 Å². The Bertz CT molecular complexity index is 1060. The molecule has 1 atom stereocenters. The van der Waals surface area contributed by atoms with Crippen molar-refractivity contribution in [3.05, 3.63) is 59.2 Å². The smallest absolute Gasteiger partial charge is 0.232 e. The van der Waals surface area contributed by atoms with E-state index in [1.165, 1.54) is 10.6 Å². The van der Waals surface area contributed by atoms with Gasteiger partial charge in [-0.25, -0.2) is 8.42 Å². The maximum Gasteiger partial charge on any atom is 0.232 e. The van der Waals surface area contributed by atoms with Gasteiger partial charge in [0.25, 0.3) is 0 Å². The van der Waals surface area contributed by atoms with Crippen molar-refractivity contribution in [2.75, 3.05) is 17.1 Å². The predicted molar refractivity (Wildman–Crippen MR) is 124 cm³/mol. The van der Waals surface area contributed by atoms with Gasteiger partial charge in [-0.05, 0) is 63.4 Å². The molecule has 3 rings (SSSR count). The lowest BCUT2D eigenvalue weighted by molar-refractivity contribution is -0.122. The summed E-state index contributed by atoms with van der Waals surface area (Å²) in [5.41, 5.74) is 3.32. The summed E-state index contributed by atoms with van der Waals surface area (Å²) in [5.74, 6) is 0.719. The van der Waals surface area contributed by atoms with Gasteiger partial charge in [-0.3, -0.25) is 9.10 Å². The van der Waals surface area contributed by atoms with Crippen LogP contribution >= 0.6 is 0 Å². The Morgan fingerprint density at radius 2 is 1.87 bits per heavy atom. The number of benzene rings is 2. The number of amides is 1. The highest BCUT2D eigenvalue weighted by molar-refractivity contribution is 7.92. The van der Waals surface area contributed by atoms with Crippen LogP contribution in [-0.2, 0) is 14.8 Å². The van der Waals surface area contributed by atoms with E-state index in [9.17, 15) is 13.2 Å². The Balaban J connectivity index is 1.65. The molecule has 0 aliphatic carbocycles. The maximum atomic E-state index is 12.7. The molecule has 1 aliphatic rings. The summed E-state index contributed by atoms with van der Waals surface area (Å²) in [6.07, 6.45) is 2.54. The average molecular weight is 445 g/mol. The third kappa shape index (κ3) is 6.00. The Hall–Kier alpha value is -2.54. The summed E-state index contributed by atoms with van der Waals surface area (Å²) in [7, 11) is -3.43. The van der Waals surface area contributed by atoms with Crippen molar-refractivity contribution in [1.29, 1.82) is 0 Å². The number of ether oxygens (including phenoxy) is 1. The van der Waals surface area contributed by atoms with E-state index < -0.39 is 10.0 Å². The molecular weight excluding hydrogens is 412 g/mol. The van der Waals surface area contributed by atoms with Crippen molar-refractivity contribution in [3.8, 4) is 5.75 Å². The van der Waals surface area contributed by atoms with Crippen LogP contribution in [0.1, 0.15) is 55.8 Å². The van der Waals surface area contributed by atoms with Crippen LogP contribution in [0, 0.1) is 13.8 Å². The number of nitrogens with one attached hydrogen (secondary N) is 1. The fourth-order valence-corrected chi connectivity index (χ4v) is 4.96. The number of hydrogen-bond donors (Lipinski definition) is 1. The van der Waals surface area contributed by atoms with E-state index in [0.717, 1.165) is 22.4 Å². The molecule has 31 heavy (non-hydrogen) atoms. The molecule has 1 N–H and O–H groups in total. The summed E-state index contributed by atoms with van der Waals surface area (Å²) in [6.45, 7) is 8.23. The molecule has 0 saturated heterocycles. The topological polar surface area (TPSA) is 75.7 Å². The van der Waals surface area contributed by atoms with E-state index in [-0.39, 0.29) is 30.5 Å². The fraction of sp³-hybridized carbons (Fsp3) is 0.458. The van der Waals surface area contributed by atoms with Gasteiger partial charge in [0.1, 0.15) is 11.4 Å². The Labute approximate surface area is 185 Å². The van der Waals surface area contributed by atoms with E-state index in [2.05, 4.69) is 5.32 Å². The standard InChI is InChI=1S/C24H32N2O4S/c1-17-8-6-9-19(14-17)26(31(5,28)29)13-7-10-23(27)25-21-16-24(3,4)30-22-15-18(2)11-12-20(21)22/h6,8-9,11-12,14-15,21H,7,10,13,16H2,1-5H3,(H,25,27)/t21-/m1/s1. The van der Waals surface area contributed by atoms with E-state index in [1.54, 1.807) is 6.07 Å². The summed E-state index contributed by atoms with van der Waals surface area (Å²) in [6, 6.07) is 13.3. The quantitative estimate of drug-likeness (QED) is 0.692. The second kappa shape index (κ2) is 8.91. The lowest BCUT2D eigenvalue weighted by Crippen LogP contribution is -2.41. The first-order valence-corrected chi connectivity index (χ1v) is 12.4. The van der Waals surface area contributed by atoms with E-state index in [0.29, 0.717) is 18.5 Å². The molecule has 0 aromatic heterocycles. The predicted octanol–water partition coefficient (Wildman–Crippen LogP) is 4.27. The van der Waals surface area contributed by atoms with Gasteiger partial charge in [0, 0.05) is 24.9 Å². The van der Waals surface area contributed by atoms with Crippen molar-refractivity contribution in [3.63, 3.8) is 0 Å². The maximum absolute atomic E-state index is 12.7. The molecule has 7 heteroatoms. The van der Waals surface area contributed by atoms with Crippen LogP contribution in [-0.4, -0.2) is 32.7 Å². The molecule has 0 spiro atoms. The number of rotatable bonds is 7. The van der Waals surface area contributed by atoms with E-state index in [1.807, 2.05) is 64.1 Å². The zero-order chi connectivity index (χ0) is 22.8. The largest absolute Gasteiger partial charge is 0.487 e. The number of fused-ring (bicyclic) bond motifs is 1. The van der Waals surface area contributed by atoms with Gasteiger partial charge in [0.05, 0.1) is 18.0 Å². The van der Waals surface area contributed by atoms with Crippen LogP contribution in [0.25, 0.3) is 0 Å². The fourth-order valence-electron chi connectivity index (χ4n) is 4.01. The number of aryl methyl sites for hydroxylation is 2. The Morgan fingerprint density at radius 1 is 1.16 bits per heavy atom. The molecule has 0 radical (unpaired) electrons. The average Bonchev–Trinajstić information content (AvgIpc) is 2.62. The second-order valence-electron chi connectivity index (χ2n) is 9.00. The minimum atomic E-state index is -3.43. The molecule has 0 unspecified atom stereocenters. The highest BCUT2D eigenvalue weighted by Gasteiger charge is 2.34. The van der Waals surface area contributed by atoms with Crippen molar-refractivity contribution < 1.29 is 17.9 Å². The molecule has 2 aromatic carbocycles. The summed E-state index contributed by atoms with van der Waals surface area (Å²) < 4.78 is 32.0. The van der Waals surface area contributed by atoms with Gasteiger partial charge < -0.3 is 10.1 Å². The zero-order valence-corrected chi connectivity index (χ0v) is 19.8. The van der Waals surface area contributed by atoms with Crippen molar-refractivity contribution >= 4 is 21.6 Å². The Kier molecular flexibility index (Phi) is 6.65. The molecular formula is C24H32N2O4S. The third-order valence-electron chi connectivity index (χ3n) is 5.42. The first-order valence-electron chi connectivity index (χ1n) is 10.6.